The molecule has 0 heterocycles. The van der Waals surface area contributed by atoms with E-state index in [0.717, 1.165) is 0 Å². The zero-order chi connectivity index (χ0) is 11.4. The second-order valence-corrected chi connectivity index (χ2v) is 5.39. The molecule has 0 aliphatic rings. The number of hydrogen-bond donors (Lipinski definition) is 0. The fraction of sp³-hybridized carbons (Fsp3) is 0.0667. The van der Waals surface area contributed by atoms with Crippen LogP contribution in [0.2, 0.25) is 0 Å². The summed E-state index contributed by atoms with van der Waals surface area (Å²) < 4.78 is 1.29. The summed E-state index contributed by atoms with van der Waals surface area (Å²) in [5.41, 5.74) is 3.84. The predicted molar refractivity (Wildman–Crippen MR) is 79.5 cm³/mol. The molecular weight excluding hydrogens is 307 g/mol. The van der Waals surface area contributed by atoms with Crippen LogP contribution in [0.5, 0.6) is 0 Å². The molecule has 0 saturated carbocycles. The lowest BCUT2D eigenvalue weighted by atomic mass is 9.99. The molecule has 0 atom stereocenters. The van der Waals surface area contributed by atoms with E-state index in [1.54, 1.807) is 0 Å². The van der Waals surface area contributed by atoms with Crippen molar-refractivity contribution in [3.63, 3.8) is 0 Å². The van der Waals surface area contributed by atoms with Crippen molar-refractivity contribution in [1.82, 2.24) is 0 Å². The third-order valence-corrected chi connectivity index (χ3v) is 2.71. The predicted octanol–water partition coefficient (Wildman–Crippen LogP) is 5.15. The first-order valence-corrected chi connectivity index (χ1v) is 6.33. The highest BCUT2D eigenvalue weighted by Gasteiger charge is 2.01. The Bertz CT molecular complexity index is 494. The molecule has 16 heavy (non-hydrogen) atoms. The quantitative estimate of drug-likeness (QED) is 0.671. The number of halogens is 1. The van der Waals surface area contributed by atoms with Crippen LogP contribution in [0.4, 0.5) is 0 Å². The molecule has 0 radical (unpaired) electrons. The molecule has 2 aromatic carbocycles. The molecule has 2 rings (SSSR count). The lowest BCUT2D eigenvalue weighted by molar-refractivity contribution is 1.58. The molecule has 1 heteroatoms. The maximum Gasteiger partial charge on any atom is -0.0111 e. The molecule has 0 aliphatic carbocycles. The summed E-state index contributed by atoms with van der Waals surface area (Å²) in [5.74, 6) is 0. The van der Waals surface area contributed by atoms with Crippen molar-refractivity contribution in [3.8, 4) is 11.1 Å². The minimum atomic E-state index is 1.27. The van der Waals surface area contributed by atoms with Crippen LogP contribution in [0.3, 0.4) is 0 Å². The lowest BCUT2D eigenvalue weighted by Crippen LogP contribution is -1.82. The second-order valence-electron chi connectivity index (χ2n) is 3.68. The van der Waals surface area contributed by atoms with Gasteiger partial charge in [0.15, 0.2) is 0 Å². The van der Waals surface area contributed by atoms with E-state index >= 15 is 0 Å². The summed E-state index contributed by atoms with van der Waals surface area (Å²) in [7, 11) is 0. The molecule has 0 saturated heterocycles. The maximum atomic E-state index is 2.34. The van der Waals surface area contributed by atoms with Gasteiger partial charge in [-0.25, -0.2) is 0 Å². The standard InChI is InChI=1S/C15H13I/c1-12(16)11-14-9-5-6-10-15(14)13-7-3-2-4-8-13/h2-11H,1H3/b12-11-. The van der Waals surface area contributed by atoms with E-state index < -0.39 is 0 Å². The van der Waals surface area contributed by atoms with Crippen LogP contribution >= 0.6 is 22.6 Å². The van der Waals surface area contributed by atoms with Crippen LogP contribution in [0.15, 0.2) is 58.2 Å². The summed E-state index contributed by atoms with van der Waals surface area (Å²) in [6, 6.07) is 19.0. The van der Waals surface area contributed by atoms with Gasteiger partial charge in [-0.1, -0.05) is 54.6 Å². The molecule has 0 unspecified atom stereocenters. The van der Waals surface area contributed by atoms with Crippen LogP contribution in [-0.4, -0.2) is 0 Å². The second kappa shape index (κ2) is 5.30. The Hall–Kier alpha value is -1.09. The van der Waals surface area contributed by atoms with Crippen LogP contribution in [0.1, 0.15) is 12.5 Å². The fourth-order valence-electron chi connectivity index (χ4n) is 1.72. The molecule has 0 spiro atoms. The minimum Gasteiger partial charge on any atom is -0.0622 e. The Balaban J connectivity index is 2.53. The Morgan fingerprint density at radius 3 is 2.25 bits per heavy atom. The average Bonchev–Trinajstić information content (AvgIpc) is 2.30. The molecule has 2 aromatic rings. The van der Waals surface area contributed by atoms with E-state index in [1.165, 1.54) is 20.3 Å². The molecule has 0 nitrogen and oxygen atoms in total. The summed E-state index contributed by atoms with van der Waals surface area (Å²) in [4.78, 5) is 0. The molecule has 0 amide bonds. The van der Waals surface area contributed by atoms with E-state index in [0.29, 0.717) is 0 Å². The third kappa shape index (κ3) is 2.73. The molecule has 0 fully saturated rings. The smallest absolute Gasteiger partial charge is 0.0111 e. The molecular formula is C15H13I. The first kappa shape index (κ1) is 11.4. The Morgan fingerprint density at radius 1 is 0.938 bits per heavy atom. The number of allylic oxidation sites excluding steroid dienone is 1. The van der Waals surface area contributed by atoms with E-state index in [1.807, 2.05) is 6.07 Å². The fourth-order valence-corrected chi connectivity index (χ4v) is 2.05. The molecule has 0 N–H and O–H groups in total. The van der Waals surface area contributed by atoms with Crippen LogP contribution in [0.25, 0.3) is 17.2 Å². The lowest BCUT2D eigenvalue weighted by Gasteiger charge is -2.06. The summed E-state index contributed by atoms with van der Waals surface area (Å²) >= 11 is 2.34. The van der Waals surface area contributed by atoms with Crippen molar-refractivity contribution < 1.29 is 0 Å². The van der Waals surface area contributed by atoms with Gasteiger partial charge in [0, 0.05) is 0 Å². The monoisotopic (exact) mass is 320 g/mol. The van der Waals surface area contributed by atoms with Gasteiger partial charge in [0.25, 0.3) is 0 Å². The van der Waals surface area contributed by atoms with Gasteiger partial charge in [-0.15, -0.1) is 0 Å². The average molecular weight is 320 g/mol. The van der Waals surface area contributed by atoms with Crippen LogP contribution in [0, 0.1) is 0 Å². The highest BCUT2D eigenvalue weighted by atomic mass is 127. The maximum absolute atomic E-state index is 2.34. The first-order chi connectivity index (χ1) is 7.77. The van der Waals surface area contributed by atoms with Gasteiger partial charge in [-0.3, -0.25) is 0 Å². The van der Waals surface area contributed by atoms with Gasteiger partial charge in [0.05, 0.1) is 0 Å². The Kier molecular flexibility index (Phi) is 3.78. The van der Waals surface area contributed by atoms with Crippen molar-refractivity contribution in [2.45, 2.75) is 6.92 Å². The molecule has 0 aliphatic heterocycles. The van der Waals surface area contributed by atoms with E-state index in [-0.39, 0.29) is 0 Å². The van der Waals surface area contributed by atoms with Crippen molar-refractivity contribution in [1.29, 1.82) is 0 Å². The highest BCUT2D eigenvalue weighted by Crippen LogP contribution is 2.26. The number of benzene rings is 2. The van der Waals surface area contributed by atoms with Gasteiger partial charge in [-0.2, -0.15) is 0 Å². The van der Waals surface area contributed by atoms with E-state index in [2.05, 4.69) is 84.1 Å². The van der Waals surface area contributed by atoms with Gasteiger partial charge >= 0.3 is 0 Å². The van der Waals surface area contributed by atoms with E-state index in [9.17, 15) is 0 Å². The Morgan fingerprint density at radius 2 is 1.56 bits per heavy atom. The zero-order valence-corrected chi connectivity index (χ0v) is 11.3. The van der Waals surface area contributed by atoms with Crippen LogP contribution in [-0.2, 0) is 0 Å². The normalized spacial score (nSPS) is 11.5. The largest absolute Gasteiger partial charge is 0.0622 e. The van der Waals surface area contributed by atoms with E-state index in [4.69, 9.17) is 0 Å². The summed E-state index contributed by atoms with van der Waals surface area (Å²) in [6.45, 7) is 2.11. The molecule has 0 aromatic heterocycles. The van der Waals surface area contributed by atoms with Crippen molar-refractivity contribution in [2.75, 3.05) is 0 Å². The SMILES string of the molecule is C/C(I)=C/c1ccccc1-c1ccccc1. The Labute approximate surface area is 110 Å². The molecule has 0 bridgehead atoms. The highest BCUT2D eigenvalue weighted by molar-refractivity contribution is 14.1. The van der Waals surface area contributed by atoms with Gasteiger partial charge in [-0.05, 0) is 55.9 Å². The van der Waals surface area contributed by atoms with Gasteiger partial charge in [0.1, 0.15) is 0 Å². The van der Waals surface area contributed by atoms with Gasteiger partial charge in [0.2, 0.25) is 0 Å². The van der Waals surface area contributed by atoms with Crippen molar-refractivity contribution in [2.24, 2.45) is 0 Å². The van der Waals surface area contributed by atoms with Crippen molar-refractivity contribution in [3.05, 3.63) is 63.7 Å². The third-order valence-electron chi connectivity index (χ3n) is 2.40. The van der Waals surface area contributed by atoms with Crippen LogP contribution < -0.4 is 0 Å². The number of rotatable bonds is 2. The number of hydrogen-bond acceptors (Lipinski definition) is 0. The van der Waals surface area contributed by atoms with Gasteiger partial charge < -0.3 is 0 Å². The molecule has 80 valence electrons. The van der Waals surface area contributed by atoms with Crippen molar-refractivity contribution >= 4 is 28.7 Å². The summed E-state index contributed by atoms with van der Waals surface area (Å²) in [5, 5.41) is 0. The zero-order valence-electron chi connectivity index (χ0n) is 9.15. The minimum absolute atomic E-state index is 1.27. The topological polar surface area (TPSA) is 0 Å². The summed E-state index contributed by atoms with van der Waals surface area (Å²) in [6.07, 6.45) is 2.21. The first-order valence-electron chi connectivity index (χ1n) is 5.25.